The first kappa shape index (κ1) is 25.1. The van der Waals surface area contributed by atoms with E-state index >= 15 is 0 Å². The summed E-state index contributed by atoms with van der Waals surface area (Å²) in [5, 5.41) is 8.66. The Labute approximate surface area is 189 Å². The second kappa shape index (κ2) is 13.3. The van der Waals surface area contributed by atoms with Gasteiger partial charge in [-0.1, -0.05) is 18.2 Å². The average molecular weight is 445 g/mol. The van der Waals surface area contributed by atoms with Crippen LogP contribution in [-0.4, -0.2) is 50.8 Å². The molecule has 1 N–H and O–H groups in total. The van der Waals surface area contributed by atoms with Crippen molar-refractivity contribution < 1.29 is 28.9 Å². The fourth-order valence-electron chi connectivity index (χ4n) is 3.67. The number of aliphatic imine (C=N–C) groups is 1. The molecule has 174 valence electrons. The quantitative estimate of drug-likeness (QED) is 0.304. The van der Waals surface area contributed by atoms with Crippen molar-refractivity contribution in [3.8, 4) is 0 Å². The van der Waals surface area contributed by atoms with Crippen LogP contribution >= 0.6 is 0 Å². The Hall–Kier alpha value is -3.13. The number of carboxylic acid groups (broad SMARTS) is 1. The number of benzene rings is 1. The van der Waals surface area contributed by atoms with Gasteiger partial charge in [-0.3, -0.25) is 9.89 Å². The molecule has 1 fully saturated rings. The molecule has 0 aliphatic heterocycles. The molecule has 1 amide bonds. The Bertz CT molecular complexity index is 813. The second-order valence-corrected chi connectivity index (χ2v) is 7.75. The van der Waals surface area contributed by atoms with Crippen LogP contribution in [0.15, 0.2) is 59.1 Å². The third-order valence-corrected chi connectivity index (χ3v) is 5.34. The van der Waals surface area contributed by atoms with E-state index in [1.165, 1.54) is 18.2 Å². The number of rotatable bonds is 11. The molecule has 0 aromatic heterocycles. The summed E-state index contributed by atoms with van der Waals surface area (Å²) >= 11 is 0. The van der Waals surface area contributed by atoms with Crippen LogP contribution in [0, 0.1) is 11.8 Å². The lowest BCUT2D eigenvalue weighted by atomic mass is 9.83. The van der Waals surface area contributed by atoms with Gasteiger partial charge >= 0.3 is 12.1 Å². The van der Waals surface area contributed by atoms with Crippen molar-refractivity contribution in [2.45, 2.75) is 32.6 Å². The average Bonchev–Trinajstić information content (AvgIpc) is 2.79. The van der Waals surface area contributed by atoms with E-state index in [4.69, 9.17) is 19.3 Å². The molecule has 8 heteroatoms. The van der Waals surface area contributed by atoms with Crippen LogP contribution in [0.2, 0.25) is 0 Å². The zero-order valence-electron chi connectivity index (χ0n) is 18.7. The van der Waals surface area contributed by atoms with Crippen LogP contribution < -0.4 is 4.90 Å². The Kier molecular flexibility index (Phi) is 10.5. The number of allylic oxidation sites excluding steroid dienone is 2. The first-order valence-corrected chi connectivity index (χ1v) is 10.6. The van der Waals surface area contributed by atoms with E-state index in [2.05, 4.69) is 11.7 Å². The number of carboxylic acids is 1. The van der Waals surface area contributed by atoms with Gasteiger partial charge in [0, 0.05) is 11.8 Å². The first-order chi connectivity index (χ1) is 15.4. The molecular formula is C24H32N2O6. The highest BCUT2D eigenvalue weighted by atomic mass is 16.6. The molecule has 2 rings (SSSR count). The maximum absolute atomic E-state index is 13.0. The maximum Gasteiger partial charge on any atom is 0.418 e. The molecule has 1 saturated carbocycles. The molecule has 0 saturated heterocycles. The van der Waals surface area contributed by atoms with Gasteiger partial charge in [0.05, 0.1) is 32.2 Å². The van der Waals surface area contributed by atoms with Gasteiger partial charge in [0.25, 0.3) is 0 Å². The van der Waals surface area contributed by atoms with Gasteiger partial charge in [0.15, 0.2) is 0 Å². The Morgan fingerprint density at radius 1 is 1.16 bits per heavy atom. The Balaban J connectivity index is 1.96. The molecule has 1 aliphatic carbocycles. The lowest BCUT2D eigenvalue weighted by Crippen LogP contribution is -2.32. The summed E-state index contributed by atoms with van der Waals surface area (Å²) in [5.41, 5.74) is 1.31. The number of para-hydroxylation sites is 1. The number of amides is 1. The Morgan fingerprint density at radius 2 is 1.78 bits per heavy atom. The largest absolute Gasteiger partial charge is 0.495 e. The molecule has 1 aromatic rings. The van der Waals surface area contributed by atoms with Crippen molar-refractivity contribution >= 4 is 24.5 Å². The van der Waals surface area contributed by atoms with Crippen molar-refractivity contribution in [2.75, 3.05) is 31.8 Å². The lowest BCUT2D eigenvalue weighted by molar-refractivity contribution is -0.142. The number of aliphatic carboxylic acids is 1. The molecule has 0 atom stereocenters. The monoisotopic (exact) mass is 444 g/mol. The minimum atomic E-state index is -0.952. The van der Waals surface area contributed by atoms with Crippen molar-refractivity contribution in [1.29, 1.82) is 0 Å². The predicted octanol–water partition coefficient (Wildman–Crippen LogP) is 4.63. The molecule has 0 radical (unpaired) electrons. The summed E-state index contributed by atoms with van der Waals surface area (Å²) in [5.74, 6) is 0.141. The van der Waals surface area contributed by atoms with E-state index in [1.54, 1.807) is 13.0 Å². The summed E-state index contributed by atoms with van der Waals surface area (Å²) in [6.45, 7) is 5.76. The predicted molar refractivity (Wildman–Crippen MR) is 123 cm³/mol. The van der Waals surface area contributed by atoms with E-state index in [0.717, 1.165) is 25.7 Å². The SMILES string of the molecule is C=N/C=C(\C=C(/C)N(C(=O)OCC1CCC(COCC(=O)O)CC1)c1ccccc1)OC. The van der Waals surface area contributed by atoms with Gasteiger partial charge in [-0.05, 0) is 63.3 Å². The van der Waals surface area contributed by atoms with Crippen LogP contribution in [0.25, 0.3) is 0 Å². The molecule has 0 spiro atoms. The van der Waals surface area contributed by atoms with E-state index in [1.807, 2.05) is 30.3 Å². The smallest absolute Gasteiger partial charge is 0.418 e. The first-order valence-electron chi connectivity index (χ1n) is 10.6. The van der Waals surface area contributed by atoms with Crippen molar-refractivity contribution in [3.63, 3.8) is 0 Å². The third kappa shape index (κ3) is 8.19. The minimum absolute atomic E-state index is 0.261. The normalized spacial score (nSPS) is 19.2. The van der Waals surface area contributed by atoms with Crippen molar-refractivity contribution in [2.24, 2.45) is 16.8 Å². The van der Waals surface area contributed by atoms with E-state index in [-0.39, 0.29) is 12.5 Å². The van der Waals surface area contributed by atoms with Gasteiger partial charge in [0.2, 0.25) is 0 Å². The summed E-state index contributed by atoms with van der Waals surface area (Å²) in [6, 6.07) is 9.27. The van der Waals surface area contributed by atoms with Gasteiger partial charge in [0.1, 0.15) is 12.4 Å². The number of carbonyl (C=O) groups excluding carboxylic acids is 1. The summed E-state index contributed by atoms with van der Waals surface area (Å²) in [7, 11) is 1.52. The summed E-state index contributed by atoms with van der Waals surface area (Å²) in [6.07, 6.45) is 6.40. The van der Waals surface area contributed by atoms with Crippen LogP contribution in [0.5, 0.6) is 0 Å². The van der Waals surface area contributed by atoms with Crippen molar-refractivity contribution in [3.05, 3.63) is 54.1 Å². The van der Waals surface area contributed by atoms with Crippen LogP contribution in [0.3, 0.4) is 0 Å². The number of hydrogen-bond donors (Lipinski definition) is 1. The zero-order chi connectivity index (χ0) is 23.3. The highest BCUT2D eigenvalue weighted by Crippen LogP contribution is 2.30. The van der Waals surface area contributed by atoms with E-state index < -0.39 is 12.1 Å². The minimum Gasteiger partial charge on any atom is -0.495 e. The zero-order valence-corrected chi connectivity index (χ0v) is 18.7. The fraction of sp³-hybridized carbons (Fsp3) is 0.458. The third-order valence-electron chi connectivity index (χ3n) is 5.34. The van der Waals surface area contributed by atoms with Crippen LogP contribution in [-0.2, 0) is 19.0 Å². The fourth-order valence-corrected chi connectivity index (χ4v) is 3.67. The molecule has 0 unspecified atom stereocenters. The number of ether oxygens (including phenoxy) is 3. The van der Waals surface area contributed by atoms with Gasteiger partial charge in [-0.15, -0.1) is 0 Å². The van der Waals surface area contributed by atoms with Crippen molar-refractivity contribution in [1.82, 2.24) is 0 Å². The van der Waals surface area contributed by atoms with E-state index in [9.17, 15) is 9.59 Å². The number of nitrogens with zero attached hydrogens (tertiary/aromatic N) is 2. The number of carbonyl (C=O) groups is 2. The van der Waals surface area contributed by atoms with Gasteiger partial charge in [-0.2, -0.15) is 0 Å². The van der Waals surface area contributed by atoms with Gasteiger partial charge in [-0.25, -0.2) is 9.59 Å². The topological polar surface area (TPSA) is 97.7 Å². The summed E-state index contributed by atoms with van der Waals surface area (Å²) in [4.78, 5) is 28.8. The summed E-state index contributed by atoms with van der Waals surface area (Å²) < 4.78 is 16.2. The molecule has 0 bridgehead atoms. The molecular weight excluding hydrogens is 412 g/mol. The molecule has 0 heterocycles. The number of methoxy groups -OCH3 is 1. The molecule has 1 aliphatic rings. The maximum atomic E-state index is 13.0. The molecule has 8 nitrogen and oxygen atoms in total. The molecule has 32 heavy (non-hydrogen) atoms. The van der Waals surface area contributed by atoms with Gasteiger partial charge < -0.3 is 19.3 Å². The van der Waals surface area contributed by atoms with E-state index in [0.29, 0.717) is 36.3 Å². The number of anilines is 1. The molecule has 1 aromatic carbocycles. The van der Waals surface area contributed by atoms with Crippen LogP contribution in [0.1, 0.15) is 32.6 Å². The highest BCUT2D eigenvalue weighted by molar-refractivity contribution is 5.91. The highest BCUT2D eigenvalue weighted by Gasteiger charge is 2.25. The number of hydrogen-bond acceptors (Lipinski definition) is 6. The second-order valence-electron chi connectivity index (χ2n) is 7.75. The Morgan fingerprint density at radius 3 is 2.34 bits per heavy atom. The lowest BCUT2D eigenvalue weighted by Gasteiger charge is -2.29. The standard InChI is InChI=1S/C24H32N2O6/c1-18(13-22(30-3)14-25-2)26(21-7-5-4-6-8-21)24(29)32-16-20-11-9-19(10-12-20)15-31-17-23(27)28/h4-8,13-14,19-20H,2,9-12,15-17H2,1,3H3,(H,27,28)/b18-13+,22-14+. The van der Waals surface area contributed by atoms with Crippen LogP contribution in [0.4, 0.5) is 10.5 Å².